The van der Waals surface area contributed by atoms with Gasteiger partial charge in [-0.05, 0) is 90.5 Å². The van der Waals surface area contributed by atoms with E-state index in [1.807, 2.05) is 0 Å². The Morgan fingerprint density at radius 2 is 1.13 bits per heavy atom. The molecular weight excluding hydrogens is 742 g/mol. The number of carbonyl (C=O) groups is 1. The maximum atomic E-state index is 14.5. The standard InChI is InChI=1S/C23H16Cl2FN3O2.C16H10ClN3O2/c24-17-3-5-19(6-4-17)31-20-7-8-22(29-13-20)23(30,16-11-27-14-28-12-16)10-15-1-2-18(25)9-21(15)26;17-12-1-3-13(4-2-12)22-14-5-6-15(20-9-14)16(21)11-7-18-10-19-8-11/h1-9,11-14,30H,10H2;1-10H. The van der Waals surface area contributed by atoms with Crippen LogP contribution >= 0.6 is 34.8 Å². The summed E-state index contributed by atoms with van der Waals surface area (Å²) in [5.74, 6) is 1.47. The van der Waals surface area contributed by atoms with Gasteiger partial charge in [-0.2, -0.15) is 0 Å². The number of ether oxygens (including phenoxy) is 2. The van der Waals surface area contributed by atoms with Crippen molar-refractivity contribution in [2.24, 2.45) is 0 Å². The number of rotatable bonds is 10. The lowest BCUT2D eigenvalue weighted by molar-refractivity contribution is 0.0746. The number of carbonyl (C=O) groups excluding carboxylic acids is 1. The molecule has 4 aromatic heterocycles. The average molecular weight is 768 g/mol. The number of hydrogen-bond acceptors (Lipinski definition) is 10. The first-order valence-corrected chi connectivity index (χ1v) is 16.8. The van der Waals surface area contributed by atoms with Crippen molar-refractivity contribution in [2.75, 3.05) is 0 Å². The normalized spacial score (nSPS) is 11.8. The molecule has 1 unspecified atom stereocenters. The summed E-state index contributed by atoms with van der Waals surface area (Å²) >= 11 is 17.6. The van der Waals surface area contributed by atoms with Crippen molar-refractivity contribution in [3.63, 3.8) is 0 Å². The van der Waals surface area contributed by atoms with Crippen LogP contribution in [-0.4, -0.2) is 40.8 Å². The van der Waals surface area contributed by atoms with Crippen molar-refractivity contribution >= 4 is 40.6 Å². The van der Waals surface area contributed by atoms with Gasteiger partial charge in [-0.15, -0.1) is 0 Å². The number of aliphatic hydroxyl groups is 1. The molecule has 0 saturated heterocycles. The van der Waals surface area contributed by atoms with E-state index >= 15 is 0 Å². The first-order valence-electron chi connectivity index (χ1n) is 15.7. The van der Waals surface area contributed by atoms with E-state index in [0.717, 1.165) is 0 Å². The highest BCUT2D eigenvalue weighted by molar-refractivity contribution is 6.31. The van der Waals surface area contributed by atoms with E-state index in [1.54, 1.807) is 78.9 Å². The zero-order valence-electron chi connectivity index (χ0n) is 27.4. The van der Waals surface area contributed by atoms with Crippen LogP contribution < -0.4 is 9.47 Å². The molecule has 7 aromatic rings. The van der Waals surface area contributed by atoms with Crippen LogP contribution in [-0.2, 0) is 12.0 Å². The topological polar surface area (TPSA) is 133 Å². The fourth-order valence-corrected chi connectivity index (χ4v) is 5.31. The van der Waals surface area contributed by atoms with Crippen LogP contribution in [0.15, 0.2) is 141 Å². The first kappa shape index (κ1) is 36.9. The van der Waals surface area contributed by atoms with Crippen molar-refractivity contribution in [2.45, 2.75) is 12.0 Å². The van der Waals surface area contributed by atoms with Gasteiger partial charge in [0.05, 0.1) is 23.7 Å². The van der Waals surface area contributed by atoms with Gasteiger partial charge in [-0.3, -0.25) is 9.78 Å². The SMILES string of the molecule is O=C(c1cncnc1)c1ccc(Oc2ccc(Cl)cc2)cn1.OC(Cc1ccc(Cl)cc1F)(c1cncnc1)c1ccc(Oc2ccc(Cl)cc2)cn1. The summed E-state index contributed by atoms with van der Waals surface area (Å²) in [5, 5.41) is 13.1. The molecule has 1 N–H and O–H groups in total. The number of ketones is 1. The monoisotopic (exact) mass is 766 g/mol. The van der Waals surface area contributed by atoms with Gasteiger partial charge in [-0.1, -0.05) is 40.9 Å². The Balaban J connectivity index is 0.000000192. The Labute approximate surface area is 317 Å². The minimum absolute atomic E-state index is 0.0895. The largest absolute Gasteiger partial charge is 0.456 e. The molecule has 0 aliphatic carbocycles. The highest BCUT2D eigenvalue weighted by Gasteiger charge is 2.35. The second-order valence-corrected chi connectivity index (χ2v) is 12.5. The third kappa shape index (κ3) is 9.73. The van der Waals surface area contributed by atoms with Crippen molar-refractivity contribution in [3.05, 3.63) is 190 Å². The molecule has 0 aliphatic rings. The van der Waals surface area contributed by atoms with Crippen LogP contribution in [0, 0.1) is 5.82 Å². The van der Waals surface area contributed by atoms with Gasteiger partial charge in [0.15, 0.2) is 0 Å². The average Bonchev–Trinajstić information content (AvgIpc) is 3.19. The van der Waals surface area contributed by atoms with Crippen LogP contribution in [0.5, 0.6) is 23.0 Å². The summed E-state index contributed by atoms with van der Waals surface area (Å²) in [4.78, 5) is 36.3. The lowest BCUT2D eigenvalue weighted by Crippen LogP contribution is -2.32. The zero-order chi connectivity index (χ0) is 37.2. The minimum atomic E-state index is -1.67. The zero-order valence-corrected chi connectivity index (χ0v) is 29.6. The van der Waals surface area contributed by atoms with E-state index < -0.39 is 11.4 Å². The molecule has 0 fully saturated rings. The summed E-state index contributed by atoms with van der Waals surface area (Å²) in [6.07, 6.45) is 11.5. The van der Waals surface area contributed by atoms with Gasteiger partial charge in [0, 0.05) is 51.8 Å². The van der Waals surface area contributed by atoms with E-state index in [4.69, 9.17) is 44.3 Å². The van der Waals surface area contributed by atoms with E-state index in [1.165, 1.54) is 62.0 Å². The summed E-state index contributed by atoms with van der Waals surface area (Å²) in [5.41, 5.74) is -0.0312. The molecular formula is C39H26Cl3FN6O4. The van der Waals surface area contributed by atoms with Crippen LogP contribution in [0.3, 0.4) is 0 Å². The summed E-state index contributed by atoms with van der Waals surface area (Å²) in [6, 6.07) is 24.7. The van der Waals surface area contributed by atoms with E-state index in [2.05, 4.69) is 29.9 Å². The fourth-order valence-electron chi connectivity index (χ4n) is 4.90. The Kier molecular flexibility index (Phi) is 11.9. The van der Waals surface area contributed by atoms with Crippen LogP contribution in [0.25, 0.3) is 0 Å². The number of nitrogens with zero attached hydrogens (tertiary/aromatic N) is 6. The Bertz CT molecular complexity index is 2270. The van der Waals surface area contributed by atoms with Crippen LogP contribution in [0.2, 0.25) is 15.1 Å². The molecule has 0 radical (unpaired) electrons. The van der Waals surface area contributed by atoms with Gasteiger partial charge in [0.1, 0.15) is 52.8 Å². The van der Waals surface area contributed by atoms with Crippen molar-refractivity contribution in [1.29, 1.82) is 0 Å². The number of benzene rings is 3. The Morgan fingerprint density at radius 1 is 0.623 bits per heavy atom. The summed E-state index contributed by atoms with van der Waals surface area (Å²) < 4.78 is 25.8. The van der Waals surface area contributed by atoms with E-state index in [9.17, 15) is 14.3 Å². The molecule has 0 amide bonds. The summed E-state index contributed by atoms with van der Waals surface area (Å²) in [7, 11) is 0. The van der Waals surface area contributed by atoms with E-state index in [-0.39, 0.29) is 22.8 Å². The molecule has 14 heteroatoms. The third-order valence-corrected chi connectivity index (χ3v) is 8.29. The molecule has 7 rings (SSSR count). The Morgan fingerprint density at radius 3 is 1.64 bits per heavy atom. The smallest absolute Gasteiger partial charge is 0.214 e. The third-order valence-electron chi connectivity index (χ3n) is 7.55. The second kappa shape index (κ2) is 17.1. The first-order chi connectivity index (χ1) is 25.7. The second-order valence-electron chi connectivity index (χ2n) is 11.2. The van der Waals surface area contributed by atoms with Crippen LogP contribution in [0.4, 0.5) is 4.39 Å². The number of aromatic nitrogens is 6. The van der Waals surface area contributed by atoms with Gasteiger partial charge in [0.2, 0.25) is 5.78 Å². The highest BCUT2D eigenvalue weighted by Crippen LogP contribution is 2.34. The molecule has 264 valence electrons. The quantitative estimate of drug-likeness (QED) is 0.134. The van der Waals surface area contributed by atoms with Gasteiger partial charge in [-0.25, -0.2) is 29.3 Å². The molecule has 0 aliphatic heterocycles. The number of pyridine rings is 2. The van der Waals surface area contributed by atoms with Crippen molar-refractivity contribution in [1.82, 2.24) is 29.9 Å². The lowest BCUT2D eigenvalue weighted by Gasteiger charge is -2.28. The number of halogens is 4. The molecule has 3 aromatic carbocycles. The maximum Gasteiger partial charge on any atom is 0.214 e. The molecule has 0 saturated carbocycles. The lowest BCUT2D eigenvalue weighted by atomic mass is 9.85. The van der Waals surface area contributed by atoms with Gasteiger partial charge >= 0.3 is 0 Å². The molecule has 10 nitrogen and oxygen atoms in total. The van der Waals surface area contributed by atoms with Gasteiger partial charge < -0.3 is 14.6 Å². The molecule has 4 heterocycles. The highest BCUT2D eigenvalue weighted by atomic mass is 35.5. The minimum Gasteiger partial charge on any atom is -0.456 e. The molecule has 1 atom stereocenters. The number of hydrogen-bond donors (Lipinski definition) is 1. The molecule has 0 spiro atoms. The van der Waals surface area contributed by atoms with Crippen LogP contribution in [0.1, 0.15) is 32.9 Å². The predicted molar refractivity (Wildman–Crippen MR) is 197 cm³/mol. The molecule has 53 heavy (non-hydrogen) atoms. The van der Waals surface area contributed by atoms with E-state index in [0.29, 0.717) is 55.6 Å². The Hall–Kier alpha value is -5.85. The maximum absolute atomic E-state index is 14.5. The van der Waals surface area contributed by atoms with Crippen molar-refractivity contribution < 1.29 is 23.8 Å². The predicted octanol–water partition coefficient (Wildman–Crippen LogP) is 9.14. The molecule has 0 bridgehead atoms. The van der Waals surface area contributed by atoms with Crippen molar-refractivity contribution in [3.8, 4) is 23.0 Å². The van der Waals surface area contributed by atoms with Gasteiger partial charge in [0.25, 0.3) is 0 Å². The summed E-state index contributed by atoms with van der Waals surface area (Å²) in [6.45, 7) is 0. The fraction of sp³-hybridized carbons (Fsp3) is 0.0513.